The van der Waals surface area contributed by atoms with Crippen molar-refractivity contribution in [3.05, 3.63) is 558 Å². The van der Waals surface area contributed by atoms with Crippen molar-refractivity contribution < 1.29 is 0 Å². The number of benzene rings is 23. The molecule has 0 radical (unpaired) electrons. The predicted octanol–water partition coefficient (Wildman–Crippen LogP) is 37.0. The summed E-state index contributed by atoms with van der Waals surface area (Å²) in [7, 11) is 0. The molecule has 144 heavy (non-hydrogen) atoms. The van der Waals surface area contributed by atoms with E-state index < -0.39 is 0 Å². The summed E-state index contributed by atoms with van der Waals surface area (Å²) >= 11 is 0. The number of hydrogen-bond acceptors (Lipinski definition) is 0. The van der Waals surface area contributed by atoms with Crippen molar-refractivity contribution in [1.29, 1.82) is 0 Å². The largest absolute Gasteiger partial charge is 0.309 e. The van der Waals surface area contributed by atoms with Crippen LogP contribution in [0.5, 0.6) is 0 Å². The molecule has 0 aliphatic carbocycles. The minimum Gasteiger partial charge on any atom is -0.309 e. The van der Waals surface area contributed by atoms with Gasteiger partial charge >= 0.3 is 0 Å². The second-order valence-corrected chi connectivity index (χ2v) is 37.4. The summed E-state index contributed by atoms with van der Waals surface area (Å²) in [4.78, 5) is 0. The molecule has 0 spiro atoms. The Morgan fingerprint density at radius 3 is 0.444 bits per heavy atom. The van der Waals surface area contributed by atoms with Gasteiger partial charge in [0.2, 0.25) is 0 Å². The Hall–Kier alpha value is -19.1. The summed E-state index contributed by atoms with van der Waals surface area (Å²) in [5, 5.41) is 15.1. The number of hydrogen-bond donors (Lipinski definition) is 0. The highest BCUT2D eigenvalue weighted by Crippen LogP contribution is 2.46. The quantitative estimate of drug-likeness (QED) is 0.104. The molecule has 0 N–H and O–H groups in total. The van der Waals surface area contributed by atoms with Gasteiger partial charge in [0.1, 0.15) is 0 Å². The lowest BCUT2D eigenvalue weighted by Crippen LogP contribution is -1.94. The van der Waals surface area contributed by atoms with Crippen LogP contribution < -0.4 is 0 Å². The molecule has 6 nitrogen and oxygen atoms in total. The van der Waals surface area contributed by atoms with E-state index in [0.717, 1.165) is 17.1 Å². The van der Waals surface area contributed by atoms with Crippen LogP contribution >= 0.6 is 0 Å². The first kappa shape index (κ1) is 84.2. The first-order valence-corrected chi connectivity index (χ1v) is 49.5. The van der Waals surface area contributed by atoms with E-state index in [9.17, 15) is 0 Å². The van der Waals surface area contributed by atoms with Gasteiger partial charge in [0.05, 0.1) is 66.2 Å². The molecular formula is C138H92N6. The Morgan fingerprint density at radius 2 is 0.215 bits per heavy atom. The first-order valence-electron chi connectivity index (χ1n) is 49.5. The van der Waals surface area contributed by atoms with Gasteiger partial charge in [-0.05, 0) is 271 Å². The topological polar surface area (TPSA) is 29.6 Å². The van der Waals surface area contributed by atoms with Crippen molar-refractivity contribution in [2.24, 2.45) is 0 Å². The lowest BCUT2D eigenvalue weighted by molar-refractivity contribution is 1.18. The molecule has 0 amide bonds. The van der Waals surface area contributed by atoms with Gasteiger partial charge in [-0.2, -0.15) is 0 Å². The van der Waals surface area contributed by atoms with Gasteiger partial charge < -0.3 is 27.4 Å². The fourth-order valence-electron chi connectivity index (χ4n) is 22.4. The van der Waals surface area contributed by atoms with E-state index >= 15 is 0 Å². The number of fused-ring (bicyclic) bond motifs is 18. The molecule has 29 rings (SSSR count). The van der Waals surface area contributed by atoms with E-state index in [2.05, 4.69) is 586 Å². The fourth-order valence-corrected chi connectivity index (χ4v) is 22.4. The summed E-state index contributed by atoms with van der Waals surface area (Å²) in [5.74, 6) is 0. The maximum atomic E-state index is 2.40. The van der Waals surface area contributed by atoms with Crippen LogP contribution in [-0.2, 0) is 0 Å². The van der Waals surface area contributed by atoms with E-state index in [4.69, 9.17) is 0 Å². The third kappa shape index (κ3) is 14.8. The van der Waals surface area contributed by atoms with Crippen LogP contribution in [0.1, 0.15) is 0 Å². The molecule has 674 valence electrons. The predicted molar refractivity (Wildman–Crippen MR) is 609 cm³/mol. The molecule has 0 saturated carbocycles. The van der Waals surface area contributed by atoms with Crippen LogP contribution in [-0.4, -0.2) is 27.4 Å². The molecule has 6 heterocycles. The summed E-state index contributed by atoms with van der Waals surface area (Å²) in [5.41, 5.74) is 41.0. The van der Waals surface area contributed by atoms with Crippen LogP contribution in [0.15, 0.2) is 558 Å². The molecule has 0 unspecified atom stereocenters. The molecule has 0 fully saturated rings. The minimum absolute atomic E-state index is 1.16. The molecule has 0 atom stereocenters. The van der Waals surface area contributed by atoms with Crippen molar-refractivity contribution in [3.63, 3.8) is 0 Å². The fraction of sp³-hybridized carbons (Fsp3) is 0. The maximum Gasteiger partial charge on any atom is 0.0541 e. The average molecular weight is 1830 g/mol. The van der Waals surface area contributed by atoms with Gasteiger partial charge in [0.15, 0.2) is 0 Å². The van der Waals surface area contributed by atoms with Crippen LogP contribution in [0.25, 0.3) is 254 Å². The molecule has 6 heteroatoms. The van der Waals surface area contributed by atoms with E-state index in [1.165, 1.54) is 237 Å². The highest BCUT2D eigenvalue weighted by Gasteiger charge is 2.24. The van der Waals surface area contributed by atoms with E-state index in [1.807, 2.05) is 0 Å². The van der Waals surface area contributed by atoms with Crippen LogP contribution in [0, 0.1) is 0 Å². The third-order valence-corrected chi connectivity index (χ3v) is 29.1. The lowest BCUT2D eigenvalue weighted by Gasteiger charge is -2.11. The Balaban J connectivity index is 0.000000108. The van der Waals surface area contributed by atoms with Crippen molar-refractivity contribution in [2.45, 2.75) is 0 Å². The number of para-hydroxylation sites is 8. The summed E-state index contributed by atoms with van der Waals surface area (Å²) < 4.78 is 14.3. The molecular weight excluding hydrogens is 1740 g/mol. The van der Waals surface area contributed by atoms with E-state index in [0.29, 0.717) is 0 Å². The lowest BCUT2D eigenvalue weighted by atomic mass is 10.00. The van der Waals surface area contributed by atoms with Gasteiger partial charge in [-0.1, -0.05) is 376 Å². The molecule has 0 aliphatic heterocycles. The van der Waals surface area contributed by atoms with Gasteiger partial charge in [0.25, 0.3) is 0 Å². The van der Waals surface area contributed by atoms with Crippen LogP contribution in [0.4, 0.5) is 0 Å². The minimum atomic E-state index is 1.16. The Morgan fingerprint density at radius 1 is 0.0764 bits per heavy atom. The van der Waals surface area contributed by atoms with Gasteiger partial charge in [0, 0.05) is 98.8 Å². The van der Waals surface area contributed by atoms with Crippen molar-refractivity contribution in [3.8, 4) is 123 Å². The van der Waals surface area contributed by atoms with Gasteiger partial charge in [-0.3, -0.25) is 0 Å². The summed E-state index contributed by atoms with van der Waals surface area (Å²) in [6.07, 6.45) is 0. The molecule has 29 aromatic rings. The van der Waals surface area contributed by atoms with Gasteiger partial charge in [-0.25, -0.2) is 0 Å². The van der Waals surface area contributed by atoms with Gasteiger partial charge in [-0.15, -0.1) is 0 Å². The highest BCUT2D eigenvalue weighted by atomic mass is 15.0. The summed E-state index contributed by atoms with van der Waals surface area (Å²) in [6.45, 7) is 0. The van der Waals surface area contributed by atoms with Crippen molar-refractivity contribution >= 4 is 131 Å². The second kappa shape index (κ2) is 35.7. The molecule has 0 saturated heterocycles. The first-order chi connectivity index (χ1) is 71.4. The van der Waals surface area contributed by atoms with E-state index in [-0.39, 0.29) is 0 Å². The zero-order valence-electron chi connectivity index (χ0n) is 78.8. The zero-order chi connectivity index (χ0) is 95.1. The zero-order valence-corrected chi connectivity index (χ0v) is 78.8. The highest BCUT2D eigenvalue weighted by molar-refractivity contribution is 6.17. The Bertz CT molecular complexity index is 9780. The summed E-state index contributed by atoms with van der Waals surface area (Å²) in [6, 6.07) is 202. The number of aromatic nitrogens is 6. The monoisotopic (exact) mass is 1830 g/mol. The van der Waals surface area contributed by atoms with Crippen LogP contribution in [0.3, 0.4) is 0 Å². The smallest absolute Gasteiger partial charge is 0.0541 e. The van der Waals surface area contributed by atoms with Crippen LogP contribution in [0.2, 0.25) is 0 Å². The second-order valence-electron chi connectivity index (χ2n) is 37.4. The van der Waals surface area contributed by atoms with E-state index in [1.54, 1.807) is 0 Å². The number of rotatable bonds is 14. The normalized spacial score (nSPS) is 11.6. The van der Waals surface area contributed by atoms with Crippen molar-refractivity contribution in [2.75, 3.05) is 0 Å². The third-order valence-electron chi connectivity index (χ3n) is 29.1. The molecule has 6 aromatic heterocycles. The Labute approximate surface area is 833 Å². The molecule has 0 bridgehead atoms. The number of nitrogens with zero attached hydrogens (tertiary/aromatic N) is 6. The van der Waals surface area contributed by atoms with Crippen molar-refractivity contribution in [1.82, 2.24) is 27.4 Å². The molecule has 23 aromatic carbocycles. The average Bonchev–Trinajstić information content (AvgIpc) is 1.58. The SMILES string of the molecule is c1ccc(-c2ccc(-c3ccc(-n4c5ccccc5c5cc(-c6ccc7c(c6)c6ccccc6n7-c6ccccc6)ccc54)cc3)cc2)cc1.c1ccc(-c2cccc(-n3c4ccccc4c4cc(-c5ccc6c(c5)c5ccccc5n6-c5cccc(-c6ccccc6)c5)ccc43)c2)cc1.c1ccc(-c2cccc(-n3c4ccccc4c4cc(-c5ccc6c(c5)c5ccccc5n6-c5ccccc5)ccc43)c2)cc1. The maximum absolute atomic E-state index is 2.40. The standard InChI is InChI=1S/2C48H32N2.C42H28N2/c1-3-13-33(14-4-1)35-17-11-19-39(29-35)49-45-23-9-7-21-41(45)43-31-37(25-27-47(43)49)38-26-28-48-44(32-38)42-22-8-10-24-46(42)50(48)40-20-12-18-36(30-40)34-15-5-2-6-16-34;1-3-11-33(12-4-1)34-19-21-35(22-20-34)36-23-27-40(28-24-36)50-46-18-10-8-16-42(46)44-32-38(26-30-48(44)50)37-25-29-47-43(31-37)41-15-7-9-17-45(41)49(47)39-13-5-2-6-14-39;1-3-12-29(13-4-1)30-14-11-17-34(26-30)44-40-21-10-8-19-36(40)38-28-32(23-25-42(38)44)31-22-24-41-37(27-31)35-18-7-9-20-39(35)43(41)33-15-5-2-6-16-33/h2*1-32H;1-28H. The Kier molecular flexibility index (Phi) is 20.9. The molecule has 0 aliphatic rings.